The Labute approximate surface area is 139 Å². The first-order chi connectivity index (χ1) is 9.11. The third-order valence-electron chi connectivity index (χ3n) is 2.75. The molecule has 0 spiro atoms. The molecule has 1 heterocycles. The number of carbonyl (C=O) groups is 1. The van der Waals surface area contributed by atoms with Crippen molar-refractivity contribution in [3.05, 3.63) is 54.2 Å². The van der Waals surface area contributed by atoms with Crippen molar-refractivity contribution >= 4 is 55.8 Å². The van der Waals surface area contributed by atoms with Crippen LogP contribution in [-0.4, -0.2) is 17.4 Å². The summed E-state index contributed by atoms with van der Waals surface area (Å²) < 4.78 is 1.92. The van der Waals surface area contributed by atoms with Crippen LogP contribution in [0.25, 0.3) is 0 Å². The lowest BCUT2D eigenvalue weighted by Crippen LogP contribution is -2.30. The van der Waals surface area contributed by atoms with Gasteiger partial charge in [0.05, 0.1) is 12.1 Å². The normalized spacial score (nSPS) is 10.5. The van der Waals surface area contributed by atoms with Gasteiger partial charge in [-0.25, -0.2) is 0 Å². The van der Waals surface area contributed by atoms with Crippen molar-refractivity contribution < 1.29 is 4.79 Å². The van der Waals surface area contributed by atoms with Gasteiger partial charge in [-0.1, -0.05) is 6.07 Å². The number of nitrogens with zero attached hydrogens (tertiary/aromatic N) is 1. The van der Waals surface area contributed by atoms with Crippen LogP contribution in [-0.2, 0) is 6.54 Å². The van der Waals surface area contributed by atoms with E-state index in [1.54, 1.807) is 11.3 Å². The zero-order valence-electron chi connectivity index (χ0n) is 10.4. The van der Waals surface area contributed by atoms with Gasteiger partial charge in [0.1, 0.15) is 0 Å². The lowest BCUT2D eigenvalue weighted by molar-refractivity contribution is 0.0753. The smallest absolute Gasteiger partial charge is 0.255 e. The molecule has 2 aromatic rings. The first-order valence-corrected chi connectivity index (χ1v) is 8.63. The van der Waals surface area contributed by atoms with E-state index in [2.05, 4.69) is 44.6 Å². The number of rotatable bonds is 4. The van der Waals surface area contributed by atoms with Gasteiger partial charge in [-0.05, 0) is 75.1 Å². The van der Waals surface area contributed by atoms with E-state index in [-0.39, 0.29) is 5.91 Å². The van der Waals surface area contributed by atoms with Gasteiger partial charge in [-0.3, -0.25) is 4.79 Å². The van der Waals surface area contributed by atoms with E-state index in [1.165, 1.54) is 4.88 Å². The van der Waals surface area contributed by atoms with E-state index in [4.69, 9.17) is 0 Å². The van der Waals surface area contributed by atoms with Crippen LogP contribution in [0, 0.1) is 3.57 Å². The molecule has 0 N–H and O–H groups in total. The number of amides is 1. The molecule has 0 saturated heterocycles. The second-order valence-corrected chi connectivity index (χ2v) is 7.16. The molecule has 2 nitrogen and oxygen atoms in total. The Balaban J connectivity index is 2.23. The minimum atomic E-state index is 0.0706. The minimum Gasteiger partial charge on any atom is -0.334 e. The molecule has 0 aliphatic rings. The minimum absolute atomic E-state index is 0.0706. The van der Waals surface area contributed by atoms with Crippen molar-refractivity contribution in [1.82, 2.24) is 4.90 Å². The molecule has 0 fully saturated rings. The zero-order chi connectivity index (χ0) is 13.8. The predicted octanol–water partition coefficient (Wildman–Crippen LogP) is 4.78. The summed E-state index contributed by atoms with van der Waals surface area (Å²) in [5, 5.41) is 2.04. The number of benzene rings is 1. The molecule has 0 atom stereocenters. The van der Waals surface area contributed by atoms with Gasteiger partial charge in [-0.15, -0.1) is 11.3 Å². The summed E-state index contributed by atoms with van der Waals surface area (Å²) >= 11 is 7.36. The molecule has 1 aromatic heterocycles. The molecule has 0 saturated carbocycles. The van der Waals surface area contributed by atoms with Gasteiger partial charge < -0.3 is 4.90 Å². The zero-order valence-corrected chi connectivity index (χ0v) is 15.0. The maximum Gasteiger partial charge on any atom is 0.255 e. The number of hydrogen-bond donors (Lipinski definition) is 0. The highest BCUT2D eigenvalue weighted by atomic mass is 127. The quantitative estimate of drug-likeness (QED) is 0.615. The van der Waals surface area contributed by atoms with Crippen LogP contribution in [0.15, 0.2) is 40.2 Å². The highest BCUT2D eigenvalue weighted by Gasteiger charge is 2.17. The van der Waals surface area contributed by atoms with Gasteiger partial charge in [0.2, 0.25) is 0 Å². The van der Waals surface area contributed by atoms with E-state index < -0.39 is 0 Å². The molecule has 0 aliphatic heterocycles. The maximum absolute atomic E-state index is 12.6. The topological polar surface area (TPSA) is 20.3 Å². The Kier molecular flexibility index (Phi) is 5.41. The molecule has 100 valence electrons. The highest BCUT2D eigenvalue weighted by Crippen LogP contribution is 2.22. The van der Waals surface area contributed by atoms with Crippen molar-refractivity contribution in [2.24, 2.45) is 0 Å². The highest BCUT2D eigenvalue weighted by molar-refractivity contribution is 14.1. The van der Waals surface area contributed by atoms with E-state index in [9.17, 15) is 4.79 Å². The third-order valence-corrected chi connectivity index (χ3v) is 4.98. The Hall–Kier alpha value is -0.400. The van der Waals surface area contributed by atoms with Crippen molar-refractivity contribution in [3.8, 4) is 0 Å². The fourth-order valence-electron chi connectivity index (χ4n) is 1.75. The van der Waals surface area contributed by atoms with Gasteiger partial charge in [0.15, 0.2) is 0 Å². The van der Waals surface area contributed by atoms with Crippen molar-refractivity contribution in [3.63, 3.8) is 0 Å². The van der Waals surface area contributed by atoms with Gasteiger partial charge in [0.25, 0.3) is 5.91 Å². The molecule has 19 heavy (non-hydrogen) atoms. The lowest BCUT2D eigenvalue weighted by Gasteiger charge is -2.21. The second-order valence-electron chi connectivity index (χ2n) is 4.02. The lowest BCUT2D eigenvalue weighted by atomic mass is 10.2. The maximum atomic E-state index is 12.6. The van der Waals surface area contributed by atoms with Crippen LogP contribution in [0.3, 0.4) is 0 Å². The summed E-state index contributed by atoms with van der Waals surface area (Å²) in [7, 11) is 0. The van der Waals surface area contributed by atoms with Crippen LogP contribution in [0.4, 0.5) is 0 Å². The Morgan fingerprint density at radius 2 is 2.21 bits per heavy atom. The average Bonchev–Trinajstić information content (AvgIpc) is 2.91. The third kappa shape index (κ3) is 3.79. The Morgan fingerprint density at radius 1 is 1.42 bits per heavy atom. The molecule has 0 unspecified atom stereocenters. The molecule has 0 radical (unpaired) electrons. The van der Waals surface area contributed by atoms with E-state index in [0.717, 1.165) is 13.6 Å². The fourth-order valence-corrected chi connectivity index (χ4v) is 3.38. The van der Waals surface area contributed by atoms with Crippen molar-refractivity contribution in [2.75, 3.05) is 6.54 Å². The first kappa shape index (κ1) is 15.0. The van der Waals surface area contributed by atoms with Crippen LogP contribution in [0.1, 0.15) is 22.2 Å². The number of thiophene rings is 1. The van der Waals surface area contributed by atoms with E-state index >= 15 is 0 Å². The Morgan fingerprint density at radius 3 is 2.84 bits per heavy atom. The number of hydrogen-bond acceptors (Lipinski definition) is 2. The van der Waals surface area contributed by atoms with Gasteiger partial charge >= 0.3 is 0 Å². The summed E-state index contributed by atoms with van der Waals surface area (Å²) in [4.78, 5) is 15.6. The van der Waals surface area contributed by atoms with Crippen LogP contribution < -0.4 is 0 Å². The standard InChI is InChI=1S/C14H13BrINOS/c1-2-17(9-11-4-3-7-19-11)14(18)12-8-10(16)5-6-13(12)15/h3-8H,2,9H2,1H3. The average molecular weight is 450 g/mol. The number of carbonyl (C=O) groups excluding carboxylic acids is 1. The molecule has 0 bridgehead atoms. The summed E-state index contributed by atoms with van der Waals surface area (Å²) in [5.41, 5.74) is 0.727. The number of halogens is 2. The first-order valence-electron chi connectivity index (χ1n) is 5.88. The molecule has 2 rings (SSSR count). The summed E-state index contributed by atoms with van der Waals surface area (Å²) in [6.07, 6.45) is 0. The van der Waals surface area contributed by atoms with Crippen LogP contribution >= 0.6 is 49.9 Å². The SMILES string of the molecule is CCN(Cc1cccs1)C(=O)c1cc(I)ccc1Br. The monoisotopic (exact) mass is 449 g/mol. The molecule has 5 heteroatoms. The summed E-state index contributed by atoms with van der Waals surface area (Å²) in [6.45, 7) is 3.38. The predicted molar refractivity (Wildman–Crippen MR) is 91.6 cm³/mol. The fraction of sp³-hybridized carbons (Fsp3) is 0.214. The molecule has 0 aliphatic carbocycles. The van der Waals surface area contributed by atoms with Crippen molar-refractivity contribution in [2.45, 2.75) is 13.5 Å². The molecular weight excluding hydrogens is 437 g/mol. The van der Waals surface area contributed by atoms with Gasteiger partial charge in [0, 0.05) is 19.5 Å². The summed E-state index contributed by atoms with van der Waals surface area (Å²) in [5.74, 6) is 0.0706. The second kappa shape index (κ2) is 6.85. The Bertz CT molecular complexity index is 571. The molecule has 1 aromatic carbocycles. The van der Waals surface area contributed by atoms with Crippen LogP contribution in [0.5, 0.6) is 0 Å². The van der Waals surface area contributed by atoms with E-state index in [0.29, 0.717) is 13.1 Å². The largest absolute Gasteiger partial charge is 0.334 e. The van der Waals surface area contributed by atoms with Crippen LogP contribution in [0.2, 0.25) is 0 Å². The van der Waals surface area contributed by atoms with E-state index in [1.807, 2.05) is 41.5 Å². The van der Waals surface area contributed by atoms with Crippen molar-refractivity contribution in [1.29, 1.82) is 0 Å². The van der Waals surface area contributed by atoms with Gasteiger partial charge in [-0.2, -0.15) is 0 Å². The molecular formula is C14H13BrINOS. The summed E-state index contributed by atoms with van der Waals surface area (Å²) in [6, 6.07) is 9.90. The molecule has 1 amide bonds.